The zero-order valence-corrected chi connectivity index (χ0v) is 18.3. The van der Waals surface area contributed by atoms with E-state index < -0.39 is 0 Å². The number of piperidine rings is 1. The van der Waals surface area contributed by atoms with Crippen molar-refractivity contribution in [2.45, 2.75) is 26.2 Å². The first kappa shape index (κ1) is 19.8. The fourth-order valence-electron chi connectivity index (χ4n) is 3.96. The number of imidazole rings is 1. The molecule has 0 unspecified atom stereocenters. The molecule has 2 aromatic carbocycles. The third-order valence-electron chi connectivity index (χ3n) is 5.61. The van der Waals surface area contributed by atoms with E-state index in [0.29, 0.717) is 12.2 Å². The van der Waals surface area contributed by atoms with Gasteiger partial charge in [0.2, 0.25) is 4.96 Å². The molecule has 0 atom stereocenters. The monoisotopic (exact) mass is 432 g/mol. The average Bonchev–Trinajstić information content (AvgIpc) is 3.41. The SMILES string of the molecule is CCOC(=O)c1ccc(-c2cnc3sc(-c4ccc(N5CCCCC5)cc4)nn23)cc1. The lowest BCUT2D eigenvalue weighted by atomic mass is 10.1. The second-order valence-electron chi connectivity index (χ2n) is 7.64. The van der Waals surface area contributed by atoms with Crippen LogP contribution in [0.2, 0.25) is 0 Å². The van der Waals surface area contributed by atoms with Crippen molar-refractivity contribution in [3.63, 3.8) is 0 Å². The highest BCUT2D eigenvalue weighted by Gasteiger charge is 2.15. The summed E-state index contributed by atoms with van der Waals surface area (Å²) in [7, 11) is 0. The van der Waals surface area contributed by atoms with E-state index in [-0.39, 0.29) is 5.97 Å². The zero-order valence-electron chi connectivity index (χ0n) is 17.5. The van der Waals surface area contributed by atoms with Crippen LogP contribution in [0.1, 0.15) is 36.5 Å². The third-order valence-corrected chi connectivity index (χ3v) is 6.58. The molecule has 5 rings (SSSR count). The molecule has 1 aliphatic heterocycles. The van der Waals surface area contributed by atoms with Crippen LogP contribution in [0.4, 0.5) is 5.69 Å². The van der Waals surface area contributed by atoms with E-state index >= 15 is 0 Å². The second kappa shape index (κ2) is 8.51. The Balaban J connectivity index is 1.40. The summed E-state index contributed by atoms with van der Waals surface area (Å²) in [5.41, 5.74) is 4.78. The van der Waals surface area contributed by atoms with Crippen LogP contribution in [0.15, 0.2) is 54.7 Å². The number of hydrogen-bond donors (Lipinski definition) is 0. The van der Waals surface area contributed by atoms with Gasteiger partial charge in [0, 0.05) is 29.9 Å². The van der Waals surface area contributed by atoms with E-state index in [1.54, 1.807) is 30.4 Å². The summed E-state index contributed by atoms with van der Waals surface area (Å²) in [4.78, 5) is 19.7. The Morgan fingerprint density at radius 3 is 2.42 bits per heavy atom. The lowest BCUT2D eigenvalue weighted by Crippen LogP contribution is -2.29. The highest BCUT2D eigenvalue weighted by atomic mass is 32.1. The van der Waals surface area contributed by atoms with Gasteiger partial charge in [-0.05, 0) is 62.6 Å². The Labute approximate surface area is 185 Å². The Bertz CT molecular complexity index is 1190. The maximum atomic E-state index is 11.9. The highest BCUT2D eigenvalue weighted by molar-refractivity contribution is 7.19. The normalized spacial score (nSPS) is 14.2. The molecule has 0 N–H and O–H groups in total. The first-order valence-electron chi connectivity index (χ1n) is 10.7. The molecule has 1 saturated heterocycles. The van der Waals surface area contributed by atoms with E-state index in [4.69, 9.17) is 9.84 Å². The number of hydrogen-bond acceptors (Lipinski definition) is 6. The topological polar surface area (TPSA) is 59.7 Å². The van der Waals surface area contributed by atoms with Crippen LogP contribution in [-0.2, 0) is 4.74 Å². The van der Waals surface area contributed by atoms with E-state index in [1.165, 1.54) is 24.9 Å². The molecular weight excluding hydrogens is 408 g/mol. The fourth-order valence-corrected chi connectivity index (χ4v) is 4.85. The summed E-state index contributed by atoms with van der Waals surface area (Å²) in [6, 6.07) is 16.1. The van der Waals surface area contributed by atoms with E-state index in [0.717, 1.165) is 39.9 Å². The molecule has 31 heavy (non-hydrogen) atoms. The van der Waals surface area contributed by atoms with Crippen molar-refractivity contribution in [1.29, 1.82) is 0 Å². The van der Waals surface area contributed by atoms with Crippen molar-refractivity contribution in [1.82, 2.24) is 14.6 Å². The minimum atomic E-state index is -0.309. The van der Waals surface area contributed by atoms with Gasteiger partial charge < -0.3 is 9.64 Å². The second-order valence-corrected chi connectivity index (χ2v) is 8.59. The minimum Gasteiger partial charge on any atom is -0.462 e. The lowest BCUT2D eigenvalue weighted by molar-refractivity contribution is 0.0526. The molecule has 1 aliphatic rings. The van der Waals surface area contributed by atoms with Crippen LogP contribution >= 0.6 is 11.3 Å². The maximum absolute atomic E-state index is 11.9. The summed E-state index contributed by atoms with van der Waals surface area (Å²) >= 11 is 1.57. The summed E-state index contributed by atoms with van der Waals surface area (Å²) < 4.78 is 6.93. The molecule has 0 aliphatic carbocycles. The maximum Gasteiger partial charge on any atom is 0.338 e. The fraction of sp³-hybridized carbons (Fsp3) is 0.292. The van der Waals surface area contributed by atoms with Gasteiger partial charge in [-0.1, -0.05) is 23.5 Å². The molecule has 158 valence electrons. The van der Waals surface area contributed by atoms with E-state index in [9.17, 15) is 4.79 Å². The first-order valence-corrected chi connectivity index (χ1v) is 11.5. The van der Waals surface area contributed by atoms with Gasteiger partial charge in [-0.2, -0.15) is 5.10 Å². The third kappa shape index (κ3) is 3.93. The molecular formula is C24H24N4O2S. The lowest BCUT2D eigenvalue weighted by Gasteiger charge is -2.28. The molecule has 0 saturated carbocycles. The van der Waals surface area contributed by atoms with Crippen molar-refractivity contribution in [3.05, 3.63) is 60.3 Å². The highest BCUT2D eigenvalue weighted by Crippen LogP contribution is 2.31. The number of esters is 1. The number of carbonyl (C=O) groups is 1. The number of aromatic nitrogens is 3. The number of fused-ring (bicyclic) bond motifs is 1. The standard InChI is InChI=1S/C24H24N4O2S/c1-2-30-23(29)19-8-6-17(7-9-19)21-16-25-24-28(21)26-22(31-24)18-10-12-20(13-11-18)27-14-4-3-5-15-27/h6-13,16H,2-5,14-15H2,1H3. The van der Waals surface area contributed by atoms with Gasteiger partial charge in [-0.3, -0.25) is 0 Å². The zero-order chi connectivity index (χ0) is 21.2. The van der Waals surface area contributed by atoms with Gasteiger partial charge in [-0.25, -0.2) is 14.3 Å². The number of rotatable bonds is 5. The number of carbonyl (C=O) groups excluding carboxylic acids is 1. The molecule has 0 spiro atoms. The minimum absolute atomic E-state index is 0.309. The Morgan fingerprint density at radius 1 is 1.00 bits per heavy atom. The summed E-state index contributed by atoms with van der Waals surface area (Å²) in [5.74, 6) is -0.309. The Hall–Kier alpha value is -3.19. The largest absolute Gasteiger partial charge is 0.462 e. The van der Waals surface area contributed by atoms with Crippen LogP contribution in [0.25, 0.3) is 26.8 Å². The molecule has 2 aromatic heterocycles. The van der Waals surface area contributed by atoms with Crippen LogP contribution in [0.5, 0.6) is 0 Å². The molecule has 0 bridgehead atoms. The van der Waals surface area contributed by atoms with Gasteiger partial charge in [-0.15, -0.1) is 0 Å². The molecule has 1 fully saturated rings. The summed E-state index contributed by atoms with van der Waals surface area (Å²) in [6.07, 6.45) is 5.70. The number of nitrogens with zero attached hydrogens (tertiary/aromatic N) is 4. The molecule has 4 aromatic rings. The van der Waals surface area contributed by atoms with Crippen molar-refractivity contribution < 1.29 is 9.53 Å². The first-order chi connectivity index (χ1) is 15.2. The van der Waals surface area contributed by atoms with Crippen molar-refractivity contribution in [2.24, 2.45) is 0 Å². The predicted octanol–water partition coefficient (Wildman–Crippen LogP) is 5.29. The van der Waals surface area contributed by atoms with Crippen LogP contribution in [0.3, 0.4) is 0 Å². The van der Waals surface area contributed by atoms with Crippen molar-refractivity contribution >= 4 is 28.0 Å². The van der Waals surface area contributed by atoms with E-state index in [2.05, 4.69) is 34.1 Å². The number of anilines is 1. The molecule has 3 heterocycles. The summed E-state index contributed by atoms with van der Waals surface area (Å²) in [5, 5.41) is 5.76. The number of ether oxygens (including phenoxy) is 1. The quantitative estimate of drug-likeness (QED) is 0.401. The van der Waals surface area contributed by atoms with Crippen LogP contribution in [0, 0.1) is 0 Å². The summed E-state index contributed by atoms with van der Waals surface area (Å²) in [6.45, 7) is 4.45. The van der Waals surface area contributed by atoms with Gasteiger partial charge in [0.25, 0.3) is 0 Å². The van der Waals surface area contributed by atoms with Gasteiger partial charge in [0.1, 0.15) is 5.01 Å². The average molecular weight is 433 g/mol. The Morgan fingerprint density at radius 2 is 1.71 bits per heavy atom. The van der Waals surface area contributed by atoms with Gasteiger partial charge >= 0.3 is 5.97 Å². The Kier molecular flexibility index (Phi) is 5.42. The molecule has 0 radical (unpaired) electrons. The van der Waals surface area contributed by atoms with Crippen LogP contribution in [-0.4, -0.2) is 40.3 Å². The van der Waals surface area contributed by atoms with Gasteiger partial charge in [0.15, 0.2) is 0 Å². The predicted molar refractivity (Wildman–Crippen MR) is 124 cm³/mol. The molecule has 0 amide bonds. The van der Waals surface area contributed by atoms with E-state index in [1.807, 2.05) is 22.8 Å². The van der Waals surface area contributed by atoms with Crippen LogP contribution < -0.4 is 4.90 Å². The van der Waals surface area contributed by atoms with Crippen molar-refractivity contribution in [2.75, 3.05) is 24.6 Å². The van der Waals surface area contributed by atoms with Gasteiger partial charge in [0.05, 0.1) is 24.1 Å². The number of benzene rings is 2. The smallest absolute Gasteiger partial charge is 0.338 e. The van der Waals surface area contributed by atoms with Crippen molar-refractivity contribution in [3.8, 4) is 21.8 Å². The molecule has 7 heteroatoms. The molecule has 6 nitrogen and oxygen atoms in total.